The Morgan fingerprint density at radius 2 is 1.63 bits per heavy atom. The molecule has 2 aliphatic rings. The average molecular weight is 517 g/mol. The van der Waals surface area contributed by atoms with Crippen LogP contribution in [0.1, 0.15) is 47.2 Å². The summed E-state index contributed by atoms with van der Waals surface area (Å²) < 4.78 is 24.8. The summed E-state index contributed by atoms with van der Waals surface area (Å²) in [6.07, 6.45) is 5.50. The molecule has 1 saturated carbocycles. The number of nitrogens with zero attached hydrogens (tertiary/aromatic N) is 1. The van der Waals surface area contributed by atoms with Crippen molar-refractivity contribution in [3.63, 3.8) is 0 Å². The lowest BCUT2D eigenvalue weighted by molar-refractivity contribution is -0.117. The number of rotatable bonds is 11. The maximum Gasteiger partial charge on any atom is 0.292 e. The quantitative estimate of drug-likeness (QED) is 0.270. The average Bonchev–Trinajstić information content (AvgIpc) is 3.59. The fraction of sp³-hybridized carbons (Fsp3) is 0.355. The Morgan fingerprint density at radius 1 is 0.974 bits per heavy atom. The molecule has 3 aromatic rings. The maximum atomic E-state index is 13.1. The molecule has 1 N–H and O–H groups in total. The molecule has 1 heterocycles. The third-order valence-corrected chi connectivity index (χ3v) is 6.92. The van der Waals surface area contributed by atoms with Crippen molar-refractivity contribution in [1.29, 1.82) is 0 Å². The van der Waals surface area contributed by atoms with Gasteiger partial charge in [-0.3, -0.25) is 9.59 Å². The topological polar surface area (TPSA) is 67.9 Å². The number of nitrogens with one attached hydrogen (secondary N) is 1. The molecule has 2 fully saturated rings. The van der Waals surface area contributed by atoms with E-state index < -0.39 is 11.7 Å². The lowest BCUT2D eigenvalue weighted by atomic mass is 10.0. The van der Waals surface area contributed by atoms with Gasteiger partial charge < -0.3 is 19.7 Å². The van der Waals surface area contributed by atoms with E-state index in [1.54, 1.807) is 24.3 Å². The number of Topliss-reactive ketones (excluding diaryl/α,β-unsaturated/α-hetero) is 1. The van der Waals surface area contributed by atoms with Crippen molar-refractivity contribution in [2.75, 3.05) is 19.6 Å². The van der Waals surface area contributed by atoms with Gasteiger partial charge in [-0.2, -0.15) is 0 Å². The Hall–Kier alpha value is -3.71. The van der Waals surface area contributed by atoms with Crippen LogP contribution in [-0.2, 0) is 11.2 Å². The molecular weight excluding hydrogens is 483 g/mol. The molecule has 38 heavy (non-hydrogen) atoms. The van der Waals surface area contributed by atoms with Gasteiger partial charge in [-0.15, -0.1) is 0 Å². The Kier molecular flexibility index (Phi) is 8.03. The molecule has 0 aromatic heterocycles. The van der Waals surface area contributed by atoms with Crippen molar-refractivity contribution in [2.24, 2.45) is 0 Å². The third-order valence-electron chi connectivity index (χ3n) is 6.92. The highest BCUT2D eigenvalue weighted by Crippen LogP contribution is 2.29. The molecule has 6 nitrogen and oxygen atoms in total. The Morgan fingerprint density at radius 3 is 2.26 bits per heavy atom. The number of likely N-dealkylation sites (tertiary alicyclic amines) is 1. The van der Waals surface area contributed by atoms with Crippen LogP contribution < -0.4 is 14.8 Å². The summed E-state index contributed by atoms with van der Waals surface area (Å²) in [4.78, 5) is 28.3. The highest BCUT2D eigenvalue weighted by Gasteiger charge is 2.25. The molecule has 198 valence electrons. The summed E-state index contributed by atoms with van der Waals surface area (Å²) >= 11 is 0. The second-order valence-electron chi connectivity index (χ2n) is 10.2. The lowest BCUT2D eigenvalue weighted by Crippen LogP contribution is -2.46. The number of carbonyl (C=O) groups excluding carboxylic acids is 2. The summed E-state index contributed by atoms with van der Waals surface area (Å²) in [7, 11) is 0. The molecule has 0 radical (unpaired) electrons. The van der Waals surface area contributed by atoms with Crippen LogP contribution in [0.4, 0.5) is 4.39 Å². The maximum absolute atomic E-state index is 13.1. The summed E-state index contributed by atoms with van der Waals surface area (Å²) in [6.45, 7) is 4.75. The molecular formula is C31H33FN2O4. The van der Waals surface area contributed by atoms with E-state index in [-0.39, 0.29) is 17.4 Å². The fourth-order valence-electron chi connectivity index (χ4n) is 4.75. The zero-order valence-corrected chi connectivity index (χ0v) is 21.6. The van der Waals surface area contributed by atoms with Crippen LogP contribution in [0.2, 0.25) is 0 Å². The van der Waals surface area contributed by atoms with Gasteiger partial charge in [0, 0.05) is 18.2 Å². The minimum Gasteiger partial charge on any atom is -0.490 e. The number of hydrogen-bond acceptors (Lipinski definition) is 5. The van der Waals surface area contributed by atoms with Crippen LogP contribution in [0.5, 0.6) is 17.2 Å². The van der Waals surface area contributed by atoms with Crippen molar-refractivity contribution in [2.45, 2.75) is 51.2 Å². The minimum absolute atomic E-state index is 0.194. The van der Waals surface area contributed by atoms with Crippen molar-refractivity contribution >= 4 is 11.7 Å². The van der Waals surface area contributed by atoms with Crippen LogP contribution in [0.3, 0.4) is 0 Å². The summed E-state index contributed by atoms with van der Waals surface area (Å²) in [5, 5.41) is 3.00. The molecule has 0 unspecified atom stereocenters. The van der Waals surface area contributed by atoms with Gasteiger partial charge in [0.25, 0.3) is 5.91 Å². The summed E-state index contributed by atoms with van der Waals surface area (Å²) in [5.41, 5.74) is 2.47. The number of ether oxygens (including phenoxy) is 2. The zero-order valence-electron chi connectivity index (χ0n) is 21.6. The minimum atomic E-state index is -0.619. The van der Waals surface area contributed by atoms with Gasteiger partial charge in [-0.05, 0) is 118 Å². The van der Waals surface area contributed by atoms with Gasteiger partial charge in [0.2, 0.25) is 5.78 Å². The van der Waals surface area contributed by atoms with Gasteiger partial charge in [-0.25, -0.2) is 4.39 Å². The molecule has 1 atom stereocenters. The van der Waals surface area contributed by atoms with Crippen molar-refractivity contribution in [1.82, 2.24) is 10.2 Å². The zero-order chi connectivity index (χ0) is 26.5. The predicted octanol–water partition coefficient (Wildman–Crippen LogP) is 5.47. The first kappa shape index (κ1) is 25.9. The second kappa shape index (κ2) is 11.8. The number of benzene rings is 3. The molecule has 0 bridgehead atoms. The van der Waals surface area contributed by atoms with Gasteiger partial charge >= 0.3 is 0 Å². The number of halogens is 1. The van der Waals surface area contributed by atoms with Crippen LogP contribution in [0.25, 0.3) is 0 Å². The number of hydrogen-bond donors (Lipinski definition) is 1. The highest BCUT2D eigenvalue weighted by molar-refractivity contribution is 6.42. The van der Waals surface area contributed by atoms with E-state index in [4.69, 9.17) is 9.47 Å². The van der Waals surface area contributed by atoms with Crippen LogP contribution in [0, 0.1) is 12.7 Å². The van der Waals surface area contributed by atoms with E-state index in [1.165, 1.54) is 24.3 Å². The number of amides is 1. The van der Waals surface area contributed by atoms with E-state index in [2.05, 4.69) is 22.3 Å². The van der Waals surface area contributed by atoms with Gasteiger partial charge in [-0.1, -0.05) is 12.1 Å². The monoisotopic (exact) mass is 516 g/mol. The molecule has 1 aliphatic carbocycles. The first-order valence-electron chi connectivity index (χ1n) is 13.3. The van der Waals surface area contributed by atoms with E-state index in [0.29, 0.717) is 30.6 Å². The van der Waals surface area contributed by atoms with E-state index in [1.807, 2.05) is 13.0 Å². The number of ketones is 1. The lowest BCUT2D eigenvalue weighted by Gasteiger charge is -2.25. The molecule has 5 rings (SSSR count). The second-order valence-corrected chi connectivity index (χ2v) is 10.2. The van der Waals surface area contributed by atoms with Gasteiger partial charge in [0.05, 0.1) is 6.10 Å². The molecule has 1 saturated heterocycles. The van der Waals surface area contributed by atoms with Crippen LogP contribution in [0.15, 0.2) is 66.7 Å². The van der Waals surface area contributed by atoms with E-state index >= 15 is 0 Å². The molecule has 1 aliphatic heterocycles. The fourth-order valence-corrected chi connectivity index (χ4v) is 4.75. The normalized spacial score (nSPS) is 16.2. The van der Waals surface area contributed by atoms with Crippen molar-refractivity contribution in [3.05, 3.63) is 89.2 Å². The number of aryl methyl sites for hydroxylation is 1. The Balaban J connectivity index is 1.23. The third kappa shape index (κ3) is 6.98. The van der Waals surface area contributed by atoms with Crippen LogP contribution in [-0.4, -0.2) is 48.4 Å². The molecule has 1 amide bonds. The molecule has 0 spiro atoms. The van der Waals surface area contributed by atoms with Crippen LogP contribution >= 0.6 is 0 Å². The van der Waals surface area contributed by atoms with Gasteiger partial charge in [0.1, 0.15) is 23.1 Å². The van der Waals surface area contributed by atoms with Crippen molar-refractivity contribution in [3.8, 4) is 17.2 Å². The Bertz CT molecular complexity index is 1270. The SMILES string of the molecule is Cc1cc(C[C@@H](CN2CCCC2)NC(=O)C(=O)c2ccc(Oc3ccc(F)cc3)cc2)ccc1OC1CC1. The highest BCUT2D eigenvalue weighted by atomic mass is 19.1. The standard InChI is InChI=1S/C31H33FN2O4/c1-21-18-22(4-15-29(21)38-28-13-14-28)19-25(20-34-16-2-3-17-34)33-31(36)30(35)23-5-9-26(10-6-23)37-27-11-7-24(32)8-12-27/h4-12,15,18,25,28H,2-3,13-14,16-17,19-20H2,1H3,(H,33,36)/t25-/m0/s1. The smallest absolute Gasteiger partial charge is 0.292 e. The first-order valence-corrected chi connectivity index (χ1v) is 13.3. The number of carbonyl (C=O) groups is 2. The van der Waals surface area contributed by atoms with E-state index in [0.717, 1.165) is 55.6 Å². The van der Waals surface area contributed by atoms with Gasteiger partial charge in [0.15, 0.2) is 0 Å². The first-order chi connectivity index (χ1) is 18.4. The largest absolute Gasteiger partial charge is 0.490 e. The summed E-state index contributed by atoms with van der Waals surface area (Å²) in [6, 6.07) is 18.0. The Labute approximate surface area is 222 Å². The molecule has 7 heteroatoms. The summed E-state index contributed by atoms with van der Waals surface area (Å²) in [5.74, 6) is 0.335. The van der Waals surface area contributed by atoms with Crippen molar-refractivity contribution < 1.29 is 23.5 Å². The van der Waals surface area contributed by atoms with E-state index in [9.17, 15) is 14.0 Å². The molecule has 3 aromatic carbocycles. The predicted molar refractivity (Wildman–Crippen MR) is 143 cm³/mol.